The van der Waals surface area contributed by atoms with Gasteiger partial charge in [-0.1, -0.05) is 6.07 Å². The molecule has 1 aromatic heterocycles. The van der Waals surface area contributed by atoms with Gasteiger partial charge in [0.25, 0.3) is 5.92 Å². The van der Waals surface area contributed by atoms with Crippen LogP contribution in [0, 0.1) is 5.92 Å². The normalized spacial score (nSPS) is 22.9. The van der Waals surface area contributed by atoms with Gasteiger partial charge in [-0.25, -0.2) is 17.2 Å². The lowest BCUT2D eigenvalue weighted by atomic mass is 10.0. The Kier molecular flexibility index (Phi) is 5.99. The van der Waals surface area contributed by atoms with Crippen LogP contribution < -0.4 is 5.32 Å². The lowest BCUT2D eigenvalue weighted by Gasteiger charge is -2.24. The molecule has 0 unspecified atom stereocenters. The Morgan fingerprint density at radius 3 is 2.66 bits per heavy atom. The number of aliphatic imine (C=N–C) groups is 1. The van der Waals surface area contributed by atoms with E-state index in [-0.39, 0.29) is 17.4 Å². The molecule has 3 aliphatic rings. The monoisotopic (exact) mass is 503 g/mol. The molecule has 10 heteroatoms. The summed E-state index contributed by atoms with van der Waals surface area (Å²) < 4.78 is 57.9. The number of aromatic nitrogens is 1. The first-order chi connectivity index (χ1) is 16.5. The van der Waals surface area contributed by atoms with Crippen LogP contribution in [0.2, 0.25) is 0 Å². The maximum absolute atomic E-state index is 13.4. The van der Waals surface area contributed by atoms with E-state index in [1.807, 2.05) is 13.0 Å². The van der Waals surface area contributed by atoms with Gasteiger partial charge in [-0.05, 0) is 49.9 Å². The van der Waals surface area contributed by atoms with Crippen LogP contribution in [0.5, 0.6) is 0 Å². The zero-order valence-electron chi connectivity index (χ0n) is 19.6. The Balaban J connectivity index is 1.49. The van der Waals surface area contributed by atoms with Crippen LogP contribution in [0.25, 0.3) is 0 Å². The summed E-state index contributed by atoms with van der Waals surface area (Å²) >= 11 is 0. The van der Waals surface area contributed by atoms with Crippen molar-refractivity contribution in [2.24, 2.45) is 10.9 Å². The predicted molar refractivity (Wildman–Crippen MR) is 128 cm³/mol. The molecule has 1 saturated carbocycles. The number of hydrogen-bond donors (Lipinski definition) is 1. The molecule has 2 fully saturated rings. The third-order valence-corrected chi connectivity index (χ3v) is 7.78. The van der Waals surface area contributed by atoms with E-state index in [9.17, 15) is 22.0 Å². The highest BCUT2D eigenvalue weighted by Crippen LogP contribution is 2.49. The van der Waals surface area contributed by atoms with Gasteiger partial charge in [-0.15, -0.1) is 0 Å². The second-order valence-electron chi connectivity index (χ2n) is 9.65. The van der Waals surface area contributed by atoms with Crippen molar-refractivity contribution in [3.63, 3.8) is 0 Å². The van der Waals surface area contributed by atoms with Gasteiger partial charge in [0.1, 0.15) is 11.5 Å². The molecule has 35 heavy (non-hydrogen) atoms. The van der Waals surface area contributed by atoms with Crippen molar-refractivity contribution in [1.29, 1.82) is 0 Å². The van der Waals surface area contributed by atoms with Gasteiger partial charge in [-0.3, -0.25) is 14.8 Å². The summed E-state index contributed by atoms with van der Waals surface area (Å²) in [5.41, 5.74) is 4.04. The molecule has 3 heterocycles. The Hall–Kier alpha value is -2.72. The first-order valence-corrected chi connectivity index (χ1v) is 13.6. The van der Waals surface area contributed by atoms with Crippen LogP contribution in [-0.4, -0.2) is 43.7 Å². The minimum absolute atomic E-state index is 0.128. The van der Waals surface area contributed by atoms with E-state index in [0.717, 1.165) is 36.8 Å². The molecule has 0 amide bonds. The molecule has 186 valence electrons. The number of alkyl halides is 2. The van der Waals surface area contributed by atoms with Crippen molar-refractivity contribution in [3.8, 4) is 0 Å². The van der Waals surface area contributed by atoms with Gasteiger partial charge in [0.05, 0.1) is 39.7 Å². The number of benzene rings is 1. The van der Waals surface area contributed by atoms with E-state index in [2.05, 4.69) is 15.3 Å². The lowest BCUT2D eigenvalue weighted by molar-refractivity contribution is -0.121. The van der Waals surface area contributed by atoms with Crippen LogP contribution in [0.4, 0.5) is 25.8 Å². The van der Waals surface area contributed by atoms with Gasteiger partial charge in [-0.2, -0.15) is 0 Å². The van der Waals surface area contributed by atoms with Gasteiger partial charge < -0.3 is 10.1 Å². The number of pyridine rings is 1. The molecule has 1 saturated heterocycles. The summed E-state index contributed by atoms with van der Waals surface area (Å²) in [7, 11) is -3.59. The Morgan fingerprint density at radius 2 is 2.00 bits per heavy atom. The zero-order chi connectivity index (χ0) is 25.0. The van der Waals surface area contributed by atoms with E-state index < -0.39 is 33.9 Å². The van der Waals surface area contributed by atoms with Gasteiger partial charge in [0.2, 0.25) is 0 Å². The standard InChI is InChI=1S/C25H27F2N3O4S/c1-14-9-19-24(28-14)20(11-16(29-19)12-21(31)17-13-25(17,26)27)30-18-7-6-15(10-23(18)35(2,32)33)22-5-3-4-8-34-22/h6-7,10-11,17,22H,3-5,8-9,12-13H2,1-2H3,(H,29,30)/t17-,22-/m0/s1. The fourth-order valence-corrected chi connectivity index (χ4v) is 5.59. The minimum Gasteiger partial charge on any atom is -0.374 e. The van der Waals surface area contributed by atoms with Crippen LogP contribution in [-0.2, 0) is 32.2 Å². The summed E-state index contributed by atoms with van der Waals surface area (Å²) in [5, 5.41) is 3.18. The number of hydrogen-bond acceptors (Lipinski definition) is 7. The number of carbonyl (C=O) groups is 1. The van der Waals surface area contributed by atoms with E-state index in [1.54, 1.807) is 18.2 Å². The molecule has 2 aliphatic heterocycles. The number of nitrogens with zero attached hydrogens (tertiary/aromatic N) is 2. The van der Waals surface area contributed by atoms with Crippen molar-refractivity contribution < 1.29 is 26.7 Å². The maximum Gasteiger partial charge on any atom is 0.258 e. The summed E-state index contributed by atoms with van der Waals surface area (Å²) in [6, 6.07) is 6.80. The zero-order valence-corrected chi connectivity index (χ0v) is 20.4. The number of nitrogens with one attached hydrogen (secondary N) is 1. The molecule has 0 radical (unpaired) electrons. The molecule has 5 rings (SSSR count). The van der Waals surface area contributed by atoms with Crippen molar-refractivity contribution in [2.45, 2.75) is 62.4 Å². The molecule has 2 atom stereocenters. The third kappa shape index (κ3) is 4.99. The Morgan fingerprint density at radius 1 is 1.23 bits per heavy atom. The number of ether oxygens (including phenoxy) is 1. The van der Waals surface area contributed by atoms with Crippen molar-refractivity contribution in [1.82, 2.24) is 4.98 Å². The van der Waals surface area contributed by atoms with E-state index in [4.69, 9.17) is 4.74 Å². The molecule has 0 bridgehead atoms. The molecule has 1 N–H and O–H groups in total. The topological polar surface area (TPSA) is 97.7 Å². The summed E-state index contributed by atoms with van der Waals surface area (Å²) in [6.07, 6.45) is 3.70. The fourth-order valence-electron chi connectivity index (χ4n) is 4.72. The fraction of sp³-hybridized carbons (Fsp3) is 0.480. The molecular weight excluding hydrogens is 476 g/mol. The highest BCUT2D eigenvalue weighted by atomic mass is 32.2. The van der Waals surface area contributed by atoms with E-state index in [1.165, 1.54) is 0 Å². The molecule has 2 aromatic rings. The average Bonchev–Trinajstić information content (AvgIpc) is 3.27. The van der Waals surface area contributed by atoms with Crippen molar-refractivity contribution in [2.75, 3.05) is 18.2 Å². The average molecular weight is 504 g/mol. The first kappa shape index (κ1) is 24.0. The number of carbonyl (C=O) groups excluding carboxylic acids is 1. The van der Waals surface area contributed by atoms with Crippen LogP contribution in [0.3, 0.4) is 0 Å². The molecule has 7 nitrogen and oxygen atoms in total. The highest BCUT2D eigenvalue weighted by molar-refractivity contribution is 7.90. The molecular formula is C25H27F2N3O4S. The number of anilines is 2. The Labute approximate surface area is 202 Å². The number of fused-ring (bicyclic) bond motifs is 1. The highest BCUT2D eigenvalue weighted by Gasteiger charge is 2.60. The van der Waals surface area contributed by atoms with Crippen molar-refractivity contribution in [3.05, 3.63) is 41.2 Å². The first-order valence-electron chi connectivity index (χ1n) is 11.7. The quantitative estimate of drug-likeness (QED) is 0.578. The predicted octanol–water partition coefficient (Wildman–Crippen LogP) is 4.89. The summed E-state index contributed by atoms with van der Waals surface area (Å²) in [5.74, 6) is -4.72. The SMILES string of the molecule is CC1=Nc2c(Nc3ccc([C@@H]4CCCCO4)cc3S(C)(=O)=O)cc(CC(=O)[C@@H]3CC3(F)F)nc2C1. The molecule has 1 aliphatic carbocycles. The smallest absolute Gasteiger partial charge is 0.258 e. The largest absolute Gasteiger partial charge is 0.374 e. The minimum atomic E-state index is -3.59. The van der Waals surface area contributed by atoms with E-state index >= 15 is 0 Å². The lowest BCUT2D eigenvalue weighted by Crippen LogP contribution is -2.13. The second-order valence-corrected chi connectivity index (χ2v) is 11.6. The number of halogens is 2. The Bertz CT molecular complexity index is 1330. The second kappa shape index (κ2) is 8.74. The number of ketones is 1. The third-order valence-electron chi connectivity index (χ3n) is 6.64. The number of Topliss-reactive ketones (excluding diaryl/α,β-unsaturated/α-hetero) is 1. The van der Waals surface area contributed by atoms with Crippen LogP contribution >= 0.6 is 0 Å². The van der Waals surface area contributed by atoms with Gasteiger partial charge >= 0.3 is 0 Å². The molecule has 0 spiro atoms. The van der Waals surface area contributed by atoms with Gasteiger partial charge in [0.15, 0.2) is 9.84 Å². The van der Waals surface area contributed by atoms with Crippen LogP contribution in [0.15, 0.2) is 34.2 Å². The van der Waals surface area contributed by atoms with Crippen molar-refractivity contribution >= 4 is 38.4 Å². The summed E-state index contributed by atoms with van der Waals surface area (Å²) in [4.78, 5) is 21.5. The van der Waals surface area contributed by atoms with E-state index in [0.29, 0.717) is 41.5 Å². The van der Waals surface area contributed by atoms with Crippen LogP contribution in [0.1, 0.15) is 55.7 Å². The number of sulfone groups is 1. The maximum atomic E-state index is 13.4. The molecule has 1 aromatic carbocycles. The number of rotatable bonds is 7. The summed E-state index contributed by atoms with van der Waals surface area (Å²) in [6.45, 7) is 2.50. The van der Waals surface area contributed by atoms with Gasteiger partial charge in [0, 0.05) is 37.8 Å².